The molecule has 0 atom stereocenters. The van der Waals surface area contributed by atoms with E-state index in [9.17, 15) is 0 Å². The molecule has 12 heavy (non-hydrogen) atoms. The molecule has 0 aliphatic rings. The highest BCUT2D eigenvalue weighted by molar-refractivity contribution is 5.29. The first-order chi connectivity index (χ1) is 5.72. The van der Waals surface area contributed by atoms with Crippen LogP contribution in [-0.4, -0.2) is 0 Å². The summed E-state index contributed by atoms with van der Waals surface area (Å²) in [6.45, 7) is 6.35. The Morgan fingerprint density at radius 2 is 1.67 bits per heavy atom. The van der Waals surface area contributed by atoms with Crippen molar-refractivity contribution < 1.29 is 0 Å². The summed E-state index contributed by atoms with van der Waals surface area (Å²) in [7, 11) is 0. The summed E-state index contributed by atoms with van der Waals surface area (Å²) in [5.41, 5.74) is 4.12. The molecule has 0 radical (unpaired) electrons. The van der Waals surface area contributed by atoms with E-state index in [0.717, 1.165) is 6.42 Å². The van der Waals surface area contributed by atoms with Gasteiger partial charge < -0.3 is 0 Å². The van der Waals surface area contributed by atoms with Gasteiger partial charge in [0, 0.05) is 0 Å². The smallest absolute Gasteiger partial charge is 0.00974 e. The Balaban J connectivity index is 2.85. The molecule has 0 nitrogen and oxygen atoms in total. The fourth-order valence-electron chi connectivity index (χ4n) is 1.44. The molecule has 0 amide bonds. The highest BCUT2D eigenvalue weighted by atomic mass is 14.0. The summed E-state index contributed by atoms with van der Waals surface area (Å²) in [5.74, 6) is 0. The molecule has 0 heteroatoms. The second-order valence-electron chi connectivity index (χ2n) is 3.27. The fourth-order valence-corrected chi connectivity index (χ4v) is 1.44. The van der Waals surface area contributed by atoms with E-state index in [1.54, 1.807) is 0 Å². The second-order valence-corrected chi connectivity index (χ2v) is 3.27. The van der Waals surface area contributed by atoms with Crippen molar-refractivity contribution in [1.29, 1.82) is 0 Å². The van der Waals surface area contributed by atoms with Gasteiger partial charge in [0.15, 0.2) is 0 Å². The highest BCUT2D eigenvalue weighted by Gasteiger charge is 1.92. The lowest BCUT2D eigenvalue weighted by molar-refractivity contribution is 1.22. The van der Waals surface area contributed by atoms with Crippen LogP contribution >= 0.6 is 0 Å². The lowest BCUT2D eigenvalue weighted by atomic mass is 10.1. The number of hydrogen-bond donors (Lipinski definition) is 0. The van der Waals surface area contributed by atoms with Crippen LogP contribution in [0.2, 0.25) is 0 Å². The summed E-state index contributed by atoms with van der Waals surface area (Å²) in [6.07, 6.45) is 5.34. The minimum Gasteiger partial charge on any atom is -0.0913 e. The minimum atomic E-state index is 1.05. The van der Waals surface area contributed by atoms with Crippen LogP contribution in [-0.2, 0) is 6.42 Å². The summed E-state index contributed by atoms with van der Waals surface area (Å²) in [5, 5.41) is 0. The lowest BCUT2D eigenvalue weighted by Crippen LogP contribution is -1.84. The largest absolute Gasteiger partial charge is 0.0913 e. The Kier molecular flexibility index (Phi) is 3.09. The van der Waals surface area contributed by atoms with E-state index in [-0.39, 0.29) is 0 Å². The number of rotatable bonds is 2. The van der Waals surface area contributed by atoms with Crippen LogP contribution in [0.5, 0.6) is 0 Å². The quantitative estimate of drug-likeness (QED) is 0.581. The van der Waals surface area contributed by atoms with Crippen LogP contribution in [0.15, 0.2) is 30.4 Å². The predicted molar refractivity (Wildman–Crippen MR) is 54.4 cm³/mol. The molecule has 0 saturated carbocycles. The summed E-state index contributed by atoms with van der Waals surface area (Å²) in [6, 6.07) is 6.69. The van der Waals surface area contributed by atoms with E-state index in [1.165, 1.54) is 16.7 Å². The number of benzene rings is 1. The van der Waals surface area contributed by atoms with Crippen molar-refractivity contribution in [2.45, 2.75) is 27.2 Å². The maximum absolute atomic E-state index is 2.24. The van der Waals surface area contributed by atoms with Gasteiger partial charge in [-0.3, -0.25) is 0 Å². The third kappa shape index (κ3) is 2.54. The molecular formula is C12H16. The van der Waals surface area contributed by atoms with Crippen LogP contribution in [0.3, 0.4) is 0 Å². The van der Waals surface area contributed by atoms with Crippen molar-refractivity contribution in [3.05, 3.63) is 47.0 Å². The summed E-state index contributed by atoms with van der Waals surface area (Å²) >= 11 is 0. The normalized spacial score (nSPS) is 10.9. The molecule has 0 bridgehead atoms. The third-order valence-corrected chi connectivity index (χ3v) is 1.87. The summed E-state index contributed by atoms with van der Waals surface area (Å²) in [4.78, 5) is 0. The lowest BCUT2D eigenvalue weighted by Gasteiger charge is -2.01. The first-order valence-electron chi connectivity index (χ1n) is 4.40. The van der Waals surface area contributed by atoms with Crippen molar-refractivity contribution in [1.82, 2.24) is 0 Å². The van der Waals surface area contributed by atoms with Crippen molar-refractivity contribution >= 4 is 0 Å². The van der Waals surface area contributed by atoms with Gasteiger partial charge in [-0.1, -0.05) is 41.5 Å². The number of aryl methyl sites for hydroxylation is 2. The van der Waals surface area contributed by atoms with Gasteiger partial charge in [-0.2, -0.15) is 0 Å². The molecule has 0 aliphatic carbocycles. The average Bonchev–Trinajstić information content (AvgIpc) is 1.99. The van der Waals surface area contributed by atoms with Crippen molar-refractivity contribution in [3.8, 4) is 0 Å². The Bertz CT molecular complexity index is 262. The highest BCUT2D eigenvalue weighted by Crippen LogP contribution is 2.09. The Morgan fingerprint density at radius 3 is 2.17 bits per heavy atom. The van der Waals surface area contributed by atoms with Crippen molar-refractivity contribution in [2.24, 2.45) is 0 Å². The van der Waals surface area contributed by atoms with Crippen LogP contribution in [0.1, 0.15) is 23.6 Å². The Morgan fingerprint density at radius 1 is 1.08 bits per heavy atom. The number of allylic oxidation sites excluding steroid dienone is 2. The average molecular weight is 160 g/mol. The van der Waals surface area contributed by atoms with Crippen molar-refractivity contribution in [3.63, 3.8) is 0 Å². The Labute approximate surface area is 74.9 Å². The first-order valence-corrected chi connectivity index (χ1v) is 4.40. The van der Waals surface area contributed by atoms with Gasteiger partial charge in [0.05, 0.1) is 0 Å². The molecule has 1 aromatic rings. The molecule has 0 spiro atoms. The third-order valence-electron chi connectivity index (χ3n) is 1.87. The van der Waals surface area contributed by atoms with Gasteiger partial charge in [-0.15, -0.1) is 0 Å². The molecule has 0 saturated heterocycles. The molecule has 0 aromatic heterocycles. The van der Waals surface area contributed by atoms with Crippen LogP contribution in [0, 0.1) is 13.8 Å². The molecule has 1 rings (SSSR count). The topological polar surface area (TPSA) is 0 Å². The van der Waals surface area contributed by atoms with Gasteiger partial charge in [0.2, 0.25) is 0 Å². The molecular weight excluding hydrogens is 144 g/mol. The zero-order valence-electron chi connectivity index (χ0n) is 8.09. The molecule has 0 fully saturated rings. The summed E-state index contributed by atoms with van der Waals surface area (Å²) < 4.78 is 0. The zero-order chi connectivity index (χ0) is 8.97. The van der Waals surface area contributed by atoms with Gasteiger partial charge in [0.1, 0.15) is 0 Å². The van der Waals surface area contributed by atoms with E-state index in [4.69, 9.17) is 0 Å². The van der Waals surface area contributed by atoms with E-state index in [1.807, 2.05) is 0 Å². The van der Waals surface area contributed by atoms with Gasteiger partial charge in [-0.05, 0) is 32.8 Å². The van der Waals surface area contributed by atoms with E-state index in [2.05, 4.69) is 51.1 Å². The zero-order valence-corrected chi connectivity index (χ0v) is 8.09. The van der Waals surface area contributed by atoms with Gasteiger partial charge in [0.25, 0.3) is 0 Å². The maximum Gasteiger partial charge on any atom is -0.00974 e. The van der Waals surface area contributed by atoms with Crippen LogP contribution in [0.25, 0.3) is 0 Å². The maximum atomic E-state index is 2.24. The standard InChI is InChI=1S/C12H16/c1-4-5-6-12-8-10(2)7-11(3)9-12/h4-5,7-9H,6H2,1-3H3/b5-4-. The van der Waals surface area contributed by atoms with Gasteiger partial charge >= 0.3 is 0 Å². The van der Waals surface area contributed by atoms with Gasteiger partial charge in [-0.25, -0.2) is 0 Å². The van der Waals surface area contributed by atoms with Crippen LogP contribution < -0.4 is 0 Å². The molecule has 64 valence electrons. The minimum absolute atomic E-state index is 1.05. The number of hydrogen-bond acceptors (Lipinski definition) is 0. The van der Waals surface area contributed by atoms with E-state index in [0.29, 0.717) is 0 Å². The molecule has 0 unspecified atom stereocenters. The first kappa shape index (κ1) is 9.05. The van der Waals surface area contributed by atoms with Crippen molar-refractivity contribution in [2.75, 3.05) is 0 Å². The van der Waals surface area contributed by atoms with E-state index >= 15 is 0 Å². The molecule has 0 aliphatic heterocycles. The predicted octanol–water partition coefficient (Wildman–Crippen LogP) is 3.42. The van der Waals surface area contributed by atoms with Crippen LogP contribution in [0.4, 0.5) is 0 Å². The molecule has 0 heterocycles. The second kappa shape index (κ2) is 4.10. The Hall–Kier alpha value is -1.04. The van der Waals surface area contributed by atoms with E-state index < -0.39 is 0 Å². The molecule has 1 aromatic carbocycles. The monoisotopic (exact) mass is 160 g/mol. The molecule has 0 N–H and O–H groups in total. The fraction of sp³-hybridized carbons (Fsp3) is 0.333. The SMILES string of the molecule is C/C=C\Cc1cc(C)cc(C)c1.